The van der Waals surface area contributed by atoms with E-state index in [2.05, 4.69) is 17.6 Å². The number of nitrogens with one attached hydrogen (secondary N) is 2. The summed E-state index contributed by atoms with van der Waals surface area (Å²) in [4.78, 5) is 39.1. The Morgan fingerprint density at radius 1 is 1.19 bits per heavy atom. The van der Waals surface area contributed by atoms with Gasteiger partial charge in [-0.25, -0.2) is 4.79 Å². The highest BCUT2D eigenvalue weighted by molar-refractivity contribution is 6.09. The van der Waals surface area contributed by atoms with Crippen LogP contribution in [0, 0.1) is 17.8 Å². The van der Waals surface area contributed by atoms with Crippen molar-refractivity contribution in [3.8, 4) is 0 Å². The number of fused-ring (bicyclic) bond motifs is 2. The minimum absolute atomic E-state index is 0.135. The maximum absolute atomic E-state index is 12.9. The molecular weight excluding hydrogens is 344 g/mol. The van der Waals surface area contributed by atoms with E-state index < -0.39 is 11.6 Å². The summed E-state index contributed by atoms with van der Waals surface area (Å²) >= 11 is 0. The lowest BCUT2D eigenvalue weighted by atomic mass is 9.67. The third kappa shape index (κ3) is 3.46. The zero-order valence-electron chi connectivity index (χ0n) is 16.2. The third-order valence-electron chi connectivity index (χ3n) is 7.38. The lowest BCUT2D eigenvalue weighted by Gasteiger charge is -2.45. The number of hydrogen-bond acceptors (Lipinski definition) is 4. The summed E-state index contributed by atoms with van der Waals surface area (Å²) in [6, 6.07) is -0.0557. The number of nitrogens with two attached hydrogens (primary N) is 1. The Bertz CT molecular complexity index is 615. The SMILES string of the molecule is CC1CCC2(CC1)NC(=O)N(CC(=O)NC1C3CCCC1CC(N)C3)C2=O. The van der Waals surface area contributed by atoms with E-state index >= 15 is 0 Å². The molecule has 1 saturated heterocycles. The first-order chi connectivity index (χ1) is 12.9. The first kappa shape index (κ1) is 18.7. The lowest BCUT2D eigenvalue weighted by molar-refractivity contribution is -0.136. The van der Waals surface area contributed by atoms with Gasteiger partial charge >= 0.3 is 6.03 Å². The van der Waals surface area contributed by atoms with Crippen LogP contribution in [0.25, 0.3) is 0 Å². The molecule has 4 fully saturated rings. The first-order valence-corrected chi connectivity index (χ1v) is 10.6. The molecule has 1 spiro atoms. The number of rotatable bonds is 3. The molecule has 4 aliphatic rings. The summed E-state index contributed by atoms with van der Waals surface area (Å²) < 4.78 is 0. The van der Waals surface area contributed by atoms with Crippen LogP contribution in [0.15, 0.2) is 0 Å². The largest absolute Gasteiger partial charge is 0.351 e. The Morgan fingerprint density at radius 2 is 1.81 bits per heavy atom. The van der Waals surface area contributed by atoms with Gasteiger partial charge < -0.3 is 16.4 Å². The van der Waals surface area contributed by atoms with Gasteiger partial charge in [0.25, 0.3) is 5.91 Å². The Hall–Kier alpha value is -1.63. The van der Waals surface area contributed by atoms with Gasteiger partial charge in [-0.3, -0.25) is 14.5 Å². The van der Waals surface area contributed by atoms with Gasteiger partial charge in [0.1, 0.15) is 12.1 Å². The summed E-state index contributed by atoms with van der Waals surface area (Å²) in [6.07, 6.45) is 8.48. The molecule has 4 amide bonds. The molecule has 0 aromatic carbocycles. The number of carbonyl (C=O) groups is 3. The number of nitrogens with zero attached hydrogens (tertiary/aromatic N) is 1. The molecule has 3 saturated carbocycles. The number of urea groups is 1. The average molecular weight is 377 g/mol. The van der Waals surface area contributed by atoms with Crippen LogP contribution in [0.2, 0.25) is 0 Å². The van der Waals surface area contributed by atoms with Crippen molar-refractivity contribution in [2.75, 3.05) is 6.54 Å². The number of hydrogen-bond donors (Lipinski definition) is 3. The second-order valence-corrected chi connectivity index (χ2v) is 9.36. The summed E-state index contributed by atoms with van der Waals surface area (Å²) in [6.45, 7) is 2.00. The van der Waals surface area contributed by atoms with Gasteiger partial charge in [0.15, 0.2) is 0 Å². The fraction of sp³-hybridized carbons (Fsp3) is 0.850. The Morgan fingerprint density at radius 3 is 2.44 bits per heavy atom. The maximum Gasteiger partial charge on any atom is 0.325 e. The van der Waals surface area contributed by atoms with Crippen LogP contribution >= 0.6 is 0 Å². The predicted octanol–water partition coefficient (Wildman–Crippen LogP) is 1.51. The number of amides is 4. The Kier molecular flexibility index (Phi) is 4.91. The second kappa shape index (κ2) is 7.08. The first-order valence-electron chi connectivity index (χ1n) is 10.6. The maximum atomic E-state index is 12.9. The van der Waals surface area contributed by atoms with Crippen LogP contribution < -0.4 is 16.4 Å². The van der Waals surface area contributed by atoms with E-state index in [1.807, 2.05) is 0 Å². The van der Waals surface area contributed by atoms with Gasteiger partial charge in [0.05, 0.1) is 0 Å². The fourth-order valence-corrected chi connectivity index (χ4v) is 5.81. The van der Waals surface area contributed by atoms with E-state index in [0.717, 1.165) is 43.4 Å². The van der Waals surface area contributed by atoms with Gasteiger partial charge in [-0.2, -0.15) is 0 Å². The van der Waals surface area contributed by atoms with Crippen LogP contribution in [-0.2, 0) is 9.59 Å². The minimum Gasteiger partial charge on any atom is -0.351 e. The summed E-state index contributed by atoms with van der Waals surface area (Å²) in [5.41, 5.74) is 5.38. The zero-order valence-corrected chi connectivity index (χ0v) is 16.2. The second-order valence-electron chi connectivity index (χ2n) is 9.36. The molecule has 0 aromatic heterocycles. The van der Waals surface area contributed by atoms with Crippen LogP contribution in [0.3, 0.4) is 0 Å². The molecule has 2 atom stereocenters. The molecule has 2 unspecified atom stereocenters. The van der Waals surface area contributed by atoms with E-state index in [9.17, 15) is 14.4 Å². The normalized spacial score (nSPS) is 41.6. The van der Waals surface area contributed by atoms with Crippen molar-refractivity contribution in [2.24, 2.45) is 23.5 Å². The highest BCUT2D eigenvalue weighted by Crippen LogP contribution is 2.40. The molecule has 7 nitrogen and oxygen atoms in total. The van der Waals surface area contributed by atoms with Crippen LogP contribution in [-0.4, -0.2) is 46.9 Å². The van der Waals surface area contributed by atoms with Gasteiger partial charge in [-0.05, 0) is 69.1 Å². The van der Waals surface area contributed by atoms with Gasteiger partial charge in [-0.15, -0.1) is 0 Å². The molecule has 150 valence electrons. The van der Waals surface area contributed by atoms with Gasteiger partial charge in [-0.1, -0.05) is 13.3 Å². The third-order valence-corrected chi connectivity index (χ3v) is 7.38. The minimum atomic E-state index is -0.780. The highest BCUT2D eigenvalue weighted by Gasteiger charge is 2.52. The van der Waals surface area contributed by atoms with E-state index in [0.29, 0.717) is 30.6 Å². The van der Waals surface area contributed by atoms with Crippen molar-refractivity contribution in [3.63, 3.8) is 0 Å². The van der Waals surface area contributed by atoms with Gasteiger partial charge in [0.2, 0.25) is 5.91 Å². The summed E-state index contributed by atoms with van der Waals surface area (Å²) in [5.74, 6) is 0.976. The molecule has 1 aliphatic heterocycles. The molecule has 2 bridgehead atoms. The number of imide groups is 1. The van der Waals surface area contributed by atoms with Crippen LogP contribution in [0.4, 0.5) is 4.79 Å². The van der Waals surface area contributed by atoms with Crippen molar-refractivity contribution in [2.45, 2.75) is 82.3 Å². The molecule has 27 heavy (non-hydrogen) atoms. The van der Waals surface area contributed by atoms with E-state index in [1.165, 1.54) is 6.42 Å². The van der Waals surface area contributed by atoms with Gasteiger partial charge in [0, 0.05) is 12.1 Å². The Labute approximate surface area is 160 Å². The average Bonchev–Trinajstić information content (AvgIpc) is 2.83. The zero-order chi connectivity index (χ0) is 19.2. The fourth-order valence-electron chi connectivity index (χ4n) is 5.81. The van der Waals surface area contributed by atoms with Crippen molar-refractivity contribution in [1.29, 1.82) is 0 Å². The molecular formula is C20H32N4O3. The molecule has 1 heterocycles. The molecule has 0 radical (unpaired) electrons. The van der Waals surface area contributed by atoms with E-state index in [1.54, 1.807) is 0 Å². The summed E-state index contributed by atoms with van der Waals surface area (Å²) in [5, 5.41) is 6.02. The molecule has 7 heteroatoms. The lowest BCUT2D eigenvalue weighted by Crippen LogP contribution is -2.55. The topological polar surface area (TPSA) is 105 Å². The van der Waals surface area contributed by atoms with Crippen LogP contribution in [0.1, 0.15) is 64.7 Å². The molecule has 0 aromatic rings. The van der Waals surface area contributed by atoms with Crippen LogP contribution in [0.5, 0.6) is 0 Å². The monoisotopic (exact) mass is 376 g/mol. The van der Waals surface area contributed by atoms with Crippen molar-refractivity contribution in [1.82, 2.24) is 15.5 Å². The number of carbonyl (C=O) groups excluding carboxylic acids is 3. The van der Waals surface area contributed by atoms with E-state index in [-0.39, 0.29) is 30.4 Å². The van der Waals surface area contributed by atoms with Crippen molar-refractivity contribution >= 4 is 17.8 Å². The Balaban J connectivity index is 1.38. The van der Waals surface area contributed by atoms with Crippen molar-refractivity contribution < 1.29 is 14.4 Å². The molecule has 4 rings (SSSR count). The predicted molar refractivity (Wildman–Crippen MR) is 101 cm³/mol. The van der Waals surface area contributed by atoms with Crippen molar-refractivity contribution in [3.05, 3.63) is 0 Å². The molecule has 3 aliphatic carbocycles. The van der Waals surface area contributed by atoms with E-state index in [4.69, 9.17) is 5.73 Å². The standard InChI is InChI=1S/C20H32N4O3/c1-12-5-7-20(8-6-12)18(26)24(19(27)23-20)11-16(25)22-17-13-3-2-4-14(17)10-15(21)9-13/h12-15,17H,2-11,21H2,1H3,(H,22,25)(H,23,27). The molecule has 4 N–H and O–H groups in total. The quantitative estimate of drug-likeness (QED) is 0.649. The highest BCUT2D eigenvalue weighted by atomic mass is 16.2. The smallest absolute Gasteiger partial charge is 0.325 e. The summed E-state index contributed by atoms with van der Waals surface area (Å²) in [7, 11) is 0.